The van der Waals surface area contributed by atoms with E-state index in [2.05, 4.69) is 4.40 Å². The molecule has 0 aliphatic carbocycles. The molecule has 0 atom stereocenters. The molecule has 6 heteroatoms. The Hall–Kier alpha value is -3.12. The monoisotopic (exact) mass is 421 g/mol. The number of furan rings is 1. The van der Waals surface area contributed by atoms with Gasteiger partial charge in [0.05, 0.1) is 11.2 Å². The molecule has 0 radical (unpaired) electrons. The molecule has 154 valence electrons. The van der Waals surface area contributed by atoms with Gasteiger partial charge in [0.25, 0.3) is 10.0 Å². The van der Waals surface area contributed by atoms with Crippen molar-refractivity contribution in [3.8, 4) is 0 Å². The number of hydrogen-bond donors (Lipinski definition) is 0. The molecule has 3 aromatic rings. The number of sulfonamides is 1. The summed E-state index contributed by atoms with van der Waals surface area (Å²) < 4.78 is 40.8. The van der Waals surface area contributed by atoms with Crippen LogP contribution in [0.25, 0.3) is 5.57 Å². The van der Waals surface area contributed by atoms with Crippen molar-refractivity contribution < 1.29 is 17.6 Å². The molecule has 0 saturated carbocycles. The topological polar surface area (TPSA) is 68.9 Å². The fraction of sp³-hybridized carbons (Fsp3) is 0.208. The van der Waals surface area contributed by atoms with E-state index in [9.17, 15) is 8.42 Å². The van der Waals surface area contributed by atoms with Crippen LogP contribution in [0.15, 0.2) is 86.7 Å². The van der Waals surface area contributed by atoms with Crippen molar-refractivity contribution in [1.29, 1.82) is 0 Å². The minimum absolute atomic E-state index is 0.0707. The standard InChI is InChI=1S/C24H23NO4S/c1-17-9-11-21(12-10-17)30(26,27)25-23-15-22(24(2,3)29-23)19-14-20(28-16-19)13-18-7-5-4-6-8-18/h4-12,14-16H,13H2,1-3H3/b25-23-. The number of rotatable bonds is 5. The molecule has 0 saturated heterocycles. The Morgan fingerprint density at radius 1 is 1.00 bits per heavy atom. The predicted octanol–water partition coefficient (Wildman–Crippen LogP) is 5.16. The molecule has 5 nitrogen and oxygen atoms in total. The summed E-state index contributed by atoms with van der Waals surface area (Å²) in [5.41, 5.74) is 3.08. The van der Waals surface area contributed by atoms with Gasteiger partial charge in [-0.1, -0.05) is 48.0 Å². The summed E-state index contributed by atoms with van der Waals surface area (Å²) in [5.74, 6) is 0.895. The van der Waals surface area contributed by atoms with Crippen molar-refractivity contribution in [2.24, 2.45) is 4.40 Å². The summed E-state index contributed by atoms with van der Waals surface area (Å²) in [6.45, 7) is 5.66. The normalized spacial score (nSPS) is 17.0. The average molecular weight is 422 g/mol. The molecule has 4 rings (SSSR count). The molecule has 0 bridgehead atoms. The Morgan fingerprint density at radius 2 is 1.70 bits per heavy atom. The highest BCUT2D eigenvalue weighted by Crippen LogP contribution is 2.37. The second-order valence-electron chi connectivity index (χ2n) is 7.85. The average Bonchev–Trinajstić information content (AvgIpc) is 3.25. The van der Waals surface area contributed by atoms with Crippen molar-refractivity contribution in [2.45, 2.75) is 37.7 Å². The SMILES string of the molecule is Cc1ccc(S(=O)(=O)/N=C2/C=C(c3coc(Cc4ccccc4)c3)C(C)(C)O2)cc1. The first-order chi connectivity index (χ1) is 14.2. The number of ether oxygens (including phenoxy) is 1. The molecule has 2 aromatic carbocycles. The van der Waals surface area contributed by atoms with Crippen LogP contribution in [0.4, 0.5) is 0 Å². The fourth-order valence-electron chi connectivity index (χ4n) is 3.41. The van der Waals surface area contributed by atoms with E-state index in [1.165, 1.54) is 0 Å². The van der Waals surface area contributed by atoms with Crippen LogP contribution in [-0.4, -0.2) is 19.9 Å². The Balaban J connectivity index is 1.62. The summed E-state index contributed by atoms with van der Waals surface area (Å²) >= 11 is 0. The lowest BCUT2D eigenvalue weighted by atomic mass is 9.94. The van der Waals surface area contributed by atoms with E-state index >= 15 is 0 Å². The van der Waals surface area contributed by atoms with Crippen molar-refractivity contribution in [2.75, 3.05) is 0 Å². The Labute approximate surface area is 176 Å². The van der Waals surface area contributed by atoms with Gasteiger partial charge in [-0.2, -0.15) is 8.42 Å². The van der Waals surface area contributed by atoms with Crippen LogP contribution in [-0.2, 0) is 21.2 Å². The number of nitrogens with zero attached hydrogens (tertiary/aromatic N) is 1. The molecule has 1 aliphatic heterocycles. The van der Waals surface area contributed by atoms with E-state index in [1.807, 2.05) is 57.2 Å². The summed E-state index contributed by atoms with van der Waals surface area (Å²) in [6.07, 6.45) is 4.02. The number of aryl methyl sites for hydroxylation is 1. The fourth-order valence-corrected chi connectivity index (χ4v) is 4.32. The van der Waals surface area contributed by atoms with Crippen LogP contribution in [0.3, 0.4) is 0 Å². The molecule has 30 heavy (non-hydrogen) atoms. The first-order valence-electron chi connectivity index (χ1n) is 9.67. The van der Waals surface area contributed by atoms with Gasteiger partial charge in [0.2, 0.25) is 5.90 Å². The molecular weight excluding hydrogens is 398 g/mol. The molecule has 1 aliphatic rings. The van der Waals surface area contributed by atoms with Gasteiger partial charge in [-0.3, -0.25) is 0 Å². The molecule has 0 amide bonds. The summed E-state index contributed by atoms with van der Waals surface area (Å²) in [6, 6.07) is 18.6. The number of hydrogen-bond acceptors (Lipinski definition) is 4. The van der Waals surface area contributed by atoms with E-state index in [0.717, 1.165) is 28.0 Å². The van der Waals surface area contributed by atoms with Crippen molar-refractivity contribution >= 4 is 21.5 Å². The zero-order chi connectivity index (χ0) is 21.4. The lowest BCUT2D eigenvalue weighted by Crippen LogP contribution is -2.22. The summed E-state index contributed by atoms with van der Waals surface area (Å²) in [5, 5.41) is 0. The van der Waals surface area contributed by atoms with Gasteiger partial charge in [0.1, 0.15) is 11.4 Å². The van der Waals surface area contributed by atoms with Crippen LogP contribution >= 0.6 is 0 Å². The third-order valence-corrected chi connectivity index (χ3v) is 6.28. The zero-order valence-corrected chi connectivity index (χ0v) is 17.9. The quantitative estimate of drug-likeness (QED) is 0.571. The van der Waals surface area contributed by atoms with Crippen LogP contribution in [0.5, 0.6) is 0 Å². The lowest BCUT2D eigenvalue weighted by molar-refractivity contribution is 0.171. The second-order valence-corrected chi connectivity index (χ2v) is 9.46. The molecule has 0 N–H and O–H groups in total. The molecule has 0 fully saturated rings. The molecule has 0 spiro atoms. The molecule has 0 unspecified atom stereocenters. The lowest BCUT2D eigenvalue weighted by Gasteiger charge is -2.21. The van der Waals surface area contributed by atoms with E-state index in [-0.39, 0.29) is 10.8 Å². The number of benzene rings is 2. The van der Waals surface area contributed by atoms with Gasteiger partial charge in [0.15, 0.2) is 0 Å². The minimum Gasteiger partial charge on any atom is -0.468 e. The first-order valence-corrected chi connectivity index (χ1v) is 11.1. The maximum absolute atomic E-state index is 12.6. The highest BCUT2D eigenvalue weighted by Gasteiger charge is 2.35. The van der Waals surface area contributed by atoms with Crippen LogP contribution in [0, 0.1) is 6.92 Å². The van der Waals surface area contributed by atoms with E-state index < -0.39 is 15.6 Å². The highest BCUT2D eigenvalue weighted by molar-refractivity contribution is 7.90. The van der Waals surface area contributed by atoms with Crippen molar-refractivity contribution in [3.63, 3.8) is 0 Å². The van der Waals surface area contributed by atoms with Crippen LogP contribution in [0.1, 0.15) is 36.3 Å². The molecule has 2 heterocycles. The van der Waals surface area contributed by atoms with Gasteiger partial charge in [-0.25, -0.2) is 0 Å². The van der Waals surface area contributed by atoms with Gasteiger partial charge >= 0.3 is 0 Å². The van der Waals surface area contributed by atoms with Crippen molar-refractivity contribution in [3.05, 3.63) is 95.5 Å². The highest BCUT2D eigenvalue weighted by atomic mass is 32.2. The Bertz CT molecular complexity index is 1220. The van der Waals surface area contributed by atoms with Crippen molar-refractivity contribution in [1.82, 2.24) is 0 Å². The Morgan fingerprint density at radius 3 is 2.40 bits per heavy atom. The minimum atomic E-state index is -3.86. The predicted molar refractivity (Wildman–Crippen MR) is 117 cm³/mol. The zero-order valence-electron chi connectivity index (χ0n) is 17.1. The largest absolute Gasteiger partial charge is 0.468 e. The van der Waals surface area contributed by atoms with Gasteiger partial charge in [-0.15, -0.1) is 4.40 Å². The van der Waals surface area contributed by atoms with E-state index in [4.69, 9.17) is 9.15 Å². The van der Waals surface area contributed by atoms with E-state index in [0.29, 0.717) is 6.42 Å². The van der Waals surface area contributed by atoms with E-state index in [1.54, 1.807) is 36.6 Å². The first kappa shape index (κ1) is 20.2. The van der Waals surface area contributed by atoms with Crippen LogP contribution in [0.2, 0.25) is 0 Å². The third-order valence-electron chi connectivity index (χ3n) is 4.99. The van der Waals surface area contributed by atoms with Gasteiger partial charge in [-0.05, 0) is 44.5 Å². The maximum Gasteiger partial charge on any atom is 0.285 e. The van der Waals surface area contributed by atoms with Crippen LogP contribution < -0.4 is 0 Å². The molecular formula is C24H23NO4S. The summed E-state index contributed by atoms with van der Waals surface area (Å²) in [7, 11) is -3.86. The summed E-state index contributed by atoms with van der Waals surface area (Å²) in [4.78, 5) is 0.136. The van der Waals surface area contributed by atoms with Gasteiger partial charge < -0.3 is 9.15 Å². The molecule has 1 aromatic heterocycles. The second kappa shape index (κ2) is 7.61. The third kappa shape index (κ3) is 4.24. The smallest absolute Gasteiger partial charge is 0.285 e. The van der Waals surface area contributed by atoms with Gasteiger partial charge in [0, 0.05) is 23.6 Å². The maximum atomic E-state index is 12.6. The Kier molecular flexibility index (Phi) is 5.12.